The molecule has 3 aromatic carbocycles. The van der Waals surface area contributed by atoms with E-state index in [4.69, 9.17) is 14.7 Å². The highest BCUT2D eigenvalue weighted by Crippen LogP contribution is 2.24. The van der Waals surface area contributed by atoms with Gasteiger partial charge in [0, 0.05) is 18.2 Å². The van der Waals surface area contributed by atoms with E-state index >= 15 is 0 Å². The topological polar surface area (TPSA) is 76.4 Å². The highest BCUT2D eigenvalue weighted by atomic mass is 16.7. The molecule has 0 fully saturated rings. The molecule has 0 aliphatic carbocycles. The van der Waals surface area contributed by atoms with Crippen molar-refractivity contribution in [2.75, 3.05) is 13.9 Å². The van der Waals surface area contributed by atoms with E-state index in [2.05, 4.69) is 6.07 Å². The molecular formula is C30H33NO4. The van der Waals surface area contributed by atoms with Crippen molar-refractivity contribution < 1.29 is 19.1 Å². The number of hydrogen-bond acceptors (Lipinski definition) is 5. The molecule has 0 N–H and O–H groups in total. The molecule has 0 saturated carbocycles. The molecule has 0 bridgehead atoms. The van der Waals surface area contributed by atoms with Gasteiger partial charge in [-0.25, -0.2) is 0 Å². The SMILES string of the molecule is CC.COCOC(C)(C)C(=O)c1cc(Cc2ccc(-c3ccc(C#N)cc3)cc2)cc(C(C)=O)c1. The predicted octanol–water partition coefficient (Wildman–Crippen LogP) is 6.63. The van der Waals surface area contributed by atoms with Gasteiger partial charge in [0.05, 0.1) is 11.6 Å². The van der Waals surface area contributed by atoms with Gasteiger partial charge < -0.3 is 9.47 Å². The number of ether oxygens (including phenoxy) is 2. The predicted molar refractivity (Wildman–Crippen MR) is 139 cm³/mol. The highest BCUT2D eigenvalue weighted by Gasteiger charge is 2.30. The number of Topliss-reactive ketones (excluding diaryl/α,β-unsaturated/α-hetero) is 2. The van der Waals surface area contributed by atoms with Crippen LogP contribution in [0.25, 0.3) is 11.1 Å². The van der Waals surface area contributed by atoms with Gasteiger partial charge in [0.1, 0.15) is 12.4 Å². The second-order valence-corrected chi connectivity index (χ2v) is 8.43. The first-order valence-electron chi connectivity index (χ1n) is 11.7. The van der Waals surface area contributed by atoms with E-state index in [0.717, 1.165) is 22.3 Å². The molecule has 0 saturated heterocycles. The number of ketones is 2. The molecule has 0 aliphatic heterocycles. The number of carbonyl (C=O) groups excluding carboxylic acids is 2. The first-order valence-corrected chi connectivity index (χ1v) is 11.7. The third-order valence-corrected chi connectivity index (χ3v) is 5.46. The quantitative estimate of drug-likeness (QED) is 0.259. The Balaban J connectivity index is 0.00000210. The monoisotopic (exact) mass is 471 g/mol. The maximum absolute atomic E-state index is 13.1. The summed E-state index contributed by atoms with van der Waals surface area (Å²) in [6, 6.07) is 23.0. The number of nitriles is 1. The fourth-order valence-electron chi connectivity index (χ4n) is 3.54. The zero-order chi connectivity index (χ0) is 26.0. The highest BCUT2D eigenvalue weighted by molar-refractivity contribution is 6.04. The average molecular weight is 472 g/mol. The van der Waals surface area contributed by atoms with E-state index in [0.29, 0.717) is 23.1 Å². The van der Waals surface area contributed by atoms with E-state index in [1.165, 1.54) is 14.0 Å². The summed E-state index contributed by atoms with van der Waals surface area (Å²) in [5.74, 6) is -0.308. The third-order valence-electron chi connectivity index (χ3n) is 5.46. The van der Waals surface area contributed by atoms with Crippen molar-refractivity contribution in [3.05, 3.63) is 94.5 Å². The molecule has 0 aliphatic rings. The van der Waals surface area contributed by atoms with Crippen LogP contribution < -0.4 is 0 Å². The van der Waals surface area contributed by atoms with E-state index in [1.54, 1.807) is 32.0 Å². The molecule has 3 rings (SSSR count). The Morgan fingerprint density at radius 3 is 1.91 bits per heavy atom. The minimum Gasteiger partial charge on any atom is -0.359 e. The fraction of sp³-hybridized carbons (Fsp3) is 0.300. The van der Waals surface area contributed by atoms with Crippen molar-refractivity contribution in [3.8, 4) is 17.2 Å². The van der Waals surface area contributed by atoms with Crippen LogP contribution in [0.1, 0.15) is 72.0 Å². The van der Waals surface area contributed by atoms with E-state index in [9.17, 15) is 9.59 Å². The van der Waals surface area contributed by atoms with Gasteiger partial charge in [0.15, 0.2) is 11.6 Å². The van der Waals surface area contributed by atoms with Crippen LogP contribution in [0.15, 0.2) is 66.7 Å². The number of benzene rings is 3. The van der Waals surface area contributed by atoms with Gasteiger partial charge in [0.2, 0.25) is 0 Å². The maximum Gasteiger partial charge on any atom is 0.194 e. The van der Waals surface area contributed by atoms with Crippen molar-refractivity contribution >= 4 is 11.6 Å². The normalized spacial score (nSPS) is 10.7. The largest absolute Gasteiger partial charge is 0.359 e. The van der Waals surface area contributed by atoms with E-state index in [-0.39, 0.29) is 18.4 Å². The van der Waals surface area contributed by atoms with Crippen LogP contribution in [0.5, 0.6) is 0 Å². The molecule has 182 valence electrons. The summed E-state index contributed by atoms with van der Waals surface area (Å²) in [6.07, 6.45) is 0.578. The first-order chi connectivity index (χ1) is 16.7. The van der Waals surface area contributed by atoms with E-state index < -0.39 is 5.60 Å². The van der Waals surface area contributed by atoms with Crippen molar-refractivity contribution in [2.45, 2.75) is 46.6 Å². The Bertz CT molecular complexity index is 1190. The zero-order valence-corrected chi connectivity index (χ0v) is 21.3. The van der Waals surface area contributed by atoms with Crippen molar-refractivity contribution in [1.82, 2.24) is 0 Å². The lowest BCUT2D eigenvalue weighted by Crippen LogP contribution is -2.36. The lowest BCUT2D eigenvalue weighted by Gasteiger charge is -2.23. The number of methoxy groups -OCH3 is 1. The fourth-order valence-corrected chi connectivity index (χ4v) is 3.54. The van der Waals surface area contributed by atoms with Crippen molar-refractivity contribution in [2.24, 2.45) is 0 Å². The van der Waals surface area contributed by atoms with Crippen LogP contribution in [-0.4, -0.2) is 31.1 Å². The summed E-state index contributed by atoms with van der Waals surface area (Å²) in [7, 11) is 1.50. The average Bonchev–Trinajstić information content (AvgIpc) is 2.88. The van der Waals surface area contributed by atoms with Crippen LogP contribution in [0.3, 0.4) is 0 Å². The summed E-state index contributed by atoms with van der Waals surface area (Å²) >= 11 is 0. The Morgan fingerprint density at radius 2 is 1.40 bits per heavy atom. The maximum atomic E-state index is 13.1. The van der Waals surface area contributed by atoms with Crippen molar-refractivity contribution in [1.29, 1.82) is 5.26 Å². The minimum atomic E-state index is -1.08. The second-order valence-electron chi connectivity index (χ2n) is 8.43. The lowest BCUT2D eigenvalue weighted by atomic mass is 9.91. The molecule has 5 nitrogen and oxygen atoms in total. The summed E-state index contributed by atoms with van der Waals surface area (Å²) in [5.41, 5.74) is 4.49. The molecule has 0 heterocycles. The molecule has 0 unspecified atom stereocenters. The smallest absolute Gasteiger partial charge is 0.194 e. The molecule has 35 heavy (non-hydrogen) atoms. The summed E-state index contributed by atoms with van der Waals surface area (Å²) in [6.45, 7) is 8.88. The van der Waals surface area contributed by atoms with Crippen LogP contribution in [0.2, 0.25) is 0 Å². The number of carbonyl (C=O) groups is 2. The Hall–Kier alpha value is -3.59. The molecule has 5 heteroatoms. The standard InChI is InChI=1S/C28H27NO4.C2H6/c1-19(30)25-14-22(15-26(16-25)27(31)28(2,3)33-18-32-4)13-20-5-9-23(10-6-20)24-11-7-21(17-29)8-12-24;1-2/h5-12,14-16H,13,18H2,1-4H3;1-2H3. The minimum absolute atomic E-state index is 0.00356. The molecule has 0 atom stereocenters. The van der Waals surface area contributed by atoms with Crippen LogP contribution in [0, 0.1) is 11.3 Å². The van der Waals surface area contributed by atoms with Gasteiger partial charge in [-0.1, -0.05) is 50.2 Å². The molecular weight excluding hydrogens is 438 g/mol. The molecule has 0 aromatic heterocycles. The Kier molecular flexibility index (Phi) is 10.1. The third kappa shape index (κ3) is 7.45. The van der Waals surface area contributed by atoms with E-state index in [1.807, 2.05) is 62.4 Å². The van der Waals surface area contributed by atoms with Gasteiger partial charge in [-0.2, -0.15) is 5.26 Å². The number of rotatable bonds is 9. The molecule has 3 aromatic rings. The number of hydrogen-bond donors (Lipinski definition) is 0. The van der Waals surface area contributed by atoms with Gasteiger partial charge >= 0.3 is 0 Å². The number of nitrogens with zero attached hydrogens (tertiary/aromatic N) is 1. The lowest BCUT2D eigenvalue weighted by molar-refractivity contribution is -0.0951. The Labute approximate surface area is 208 Å². The van der Waals surface area contributed by atoms with Crippen molar-refractivity contribution in [3.63, 3.8) is 0 Å². The molecule has 0 amide bonds. The van der Waals surface area contributed by atoms with Crippen LogP contribution in [0.4, 0.5) is 0 Å². The second kappa shape index (κ2) is 12.8. The summed E-state index contributed by atoms with van der Waals surface area (Å²) < 4.78 is 10.5. The summed E-state index contributed by atoms with van der Waals surface area (Å²) in [4.78, 5) is 25.2. The molecule has 0 radical (unpaired) electrons. The van der Waals surface area contributed by atoms with Crippen LogP contribution in [-0.2, 0) is 15.9 Å². The zero-order valence-electron chi connectivity index (χ0n) is 21.3. The van der Waals surface area contributed by atoms with Gasteiger partial charge in [0.25, 0.3) is 0 Å². The summed E-state index contributed by atoms with van der Waals surface area (Å²) in [5, 5.41) is 8.96. The first kappa shape index (κ1) is 27.7. The van der Waals surface area contributed by atoms with Crippen LogP contribution >= 0.6 is 0 Å². The van der Waals surface area contributed by atoms with Gasteiger partial charge in [-0.05, 0) is 79.8 Å². The molecule has 0 spiro atoms. The van der Waals surface area contributed by atoms with Gasteiger partial charge in [-0.3, -0.25) is 9.59 Å². The Morgan fingerprint density at radius 1 is 0.857 bits per heavy atom. The van der Waals surface area contributed by atoms with Gasteiger partial charge in [-0.15, -0.1) is 0 Å².